The lowest BCUT2D eigenvalue weighted by atomic mass is 10.1. The van der Waals surface area contributed by atoms with E-state index < -0.39 is 0 Å². The minimum Gasteiger partial charge on any atom is -0.506 e. The van der Waals surface area contributed by atoms with Crippen LogP contribution in [0.4, 0.5) is 0 Å². The molecule has 15 heavy (non-hydrogen) atoms. The van der Waals surface area contributed by atoms with Crippen molar-refractivity contribution in [2.24, 2.45) is 0 Å². The first-order valence-corrected chi connectivity index (χ1v) is 5.30. The van der Waals surface area contributed by atoms with Crippen LogP contribution in [0.15, 0.2) is 24.3 Å². The van der Waals surface area contributed by atoms with E-state index in [-0.39, 0.29) is 5.75 Å². The van der Waals surface area contributed by atoms with E-state index in [9.17, 15) is 5.11 Å². The lowest BCUT2D eigenvalue weighted by molar-refractivity contribution is 0.480. The number of aromatic hydroxyl groups is 1. The van der Waals surface area contributed by atoms with Gasteiger partial charge in [0.25, 0.3) is 0 Å². The van der Waals surface area contributed by atoms with E-state index in [0.29, 0.717) is 5.52 Å². The summed E-state index contributed by atoms with van der Waals surface area (Å²) < 4.78 is 0. The zero-order valence-electron chi connectivity index (χ0n) is 9.12. The quantitative estimate of drug-likeness (QED) is 0.809. The third kappa shape index (κ3) is 1.80. The molecule has 1 aromatic carbocycles. The van der Waals surface area contributed by atoms with E-state index in [0.717, 1.165) is 23.9 Å². The first-order chi connectivity index (χ1) is 7.22. The molecule has 1 heterocycles. The number of nitrogens with zero attached hydrogens (tertiary/aromatic N) is 1. The van der Waals surface area contributed by atoms with Crippen LogP contribution in [-0.4, -0.2) is 10.1 Å². The van der Waals surface area contributed by atoms with Crippen LogP contribution >= 0.6 is 0 Å². The zero-order chi connectivity index (χ0) is 10.8. The highest BCUT2D eigenvalue weighted by Gasteiger charge is 2.05. The standard InChI is InChI=1S/C13H15NO/c1-3-5-10-8-11-6-4-7-12(15)13(11)14-9(10)2/h4,6-8,15H,3,5H2,1-2H3. The first-order valence-electron chi connectivity index (χ1n) is 5.30. The van der Waals surface area contributed by atoms with Crippen molar-refractivity contribution in [3.63, 3.8) is 0 Å². The number of aromatic nitrogens is 1. The number of hydrogen-bond acceptors (Lipinski definition) is 2. The van der Waals surface area contributed by atoms with Crippen molar-refractivity contribution in [2.75, 3.05) is 0 Å². The smallest absolute Gasteiger partial charge is 0.141 e. The number of aryl methyl sites for hydroxylation is 2. The highest BCUT2D eigenvalue weighted by Crippen LogP contribution is 2.24. The molecule has 1 aromatic heterocycles. The summed E-state index contributed by atoms with van der Waals surface area (Å²) in [6, 6.07) is 7.64. The molecule has 0 aliphatic rings. The SMILES string of the molecule is CCCc1cc2cccc(O)c2nc1C. The Morgan fingerprint density at radius 3 is 2.87 bits per heavy atom. The molecule has 78 valence electrons. The molecule has 0 radical (unpaired) electrons. The topological polar surface area (TPSA) is 33.1 Å². The maximum atomic E-state index is 9.65. The number of benzene rings is 1. The number of rotatable bonds is 2. The molecule has 2 nitrogen and oxygen atoms in total. The van der Waals surface area contributed by atoms with Gasteiger partial charge < -0.3 is 5.11 Å². The summed E-state index contributed by atoms with van der Waals surface area (Å²) in [6.07, 6.45) is 2.16. The highest BCUT2D eigenvalue weighted by atomic mass is 16.3. The number of para-hydroxylation sites is 1. The molecule has 2 aromatic rings. The van der Waals surface area contributed by atoms with Gasteiger partial charge in [0.15, 0.2) is 0 Å². The first kappa shape index (κ1) is 9.97. The van der Waals surface area contributed by atoms with Gasteiger partial charge >= 0.3 is 0 Å². The summed E-state index contributed by atoms with van der Waals surface area (Å²) in [6.45, 7) is 4.16. The minimum atomic E-state index is 0.263. The summed E-state index contributed by atoms with van der Waals surface area (Å²) >= 11 is 0. The molecule has 0 saturated carbocycles. The fourth-order valence-electron chi connectivity index (χ4n) is 1.84. The Kier molecular flexibility index (Phi) is 2.58. The van der Waals surface area contributed by atoms with Gasteiger partial charge in [-0.15, -0.1) is 0 Å². The molecule has 0 fully saturated rings. The van der Waals surface area contributed by atoms with Crippen LogP contribution in [0.5, 0.6) is 5.75 Å². The fourth-order valence-corrected chi connectivity index (χ4v) is 1.84. The summed E-state index contributed by atoms with van der Waals surface area (Å²) in [4.78, 5) is 4.44. The molecule has 0 bridgehead atoms. The molecule has 0 spiro atoms. The number of fused-ring (bicyclic) bond motifs is 1. The second-order valence-electron chi connectivity index (χ2n) is 3.83. The average molecular weight is 201 g/mol. The van der Waals surface area contributed by atoms with E-state index >= 15 is 0 Å². The van der Waals surface area contributed by atoms with Gasteiger partial charge in [-0.2, -0.15) is 0 Å². The van der Waals surface area contributed by atoms with Crippen molar-refractivity contribution in [1.29, 1.82) is 0 Å². The molecule has 0 saturated heterocycles. The molecular formula is C13H15NO. The predicted molar refractivity (Wildman–Crippen MR) is 62.1 cm³/mol. The minimum absolute atomic E-state index is 0.263. The molecule has 0 amide bonds. The largest absolute Gasteiger partial charge is 0.506 e. The third-order valence-electron chi connectivity index (χ3n) is 2.64. The van der Waals surface area contributed by atoms with E-state index in [1.54, 1.807) is 6.07 Å². The highest BCUT2D eigenvalue weighted by molar-refractivity contribution is 5.84. The monoisotopic (exact) mass is 201 g/mol. The van der Waals surface area contributed by atoms with Gasteiger partial charge in [-0.05, 0) is 31.0 Å². The van der Waals surface area contributed by atoms with Gasteiger partial charge in [0.1, 0.15) is 11.3 Å². The van der Waals surface area contributed by atoms with Crippen molar-refractivity contribution >= 4 is 10.9 Å². The molecule has 2 heteroatoms. The van der Waals surface area contributed by atoms with Gasteiger partial charge in [0.05, 0.1) is 0 Å². The van der Waals surface area contributed by atoms with Crippen LogP contribution in [0.1, 0.15) is 24.6 Å². The van der Waals surface area contributed by atoms with E-state index in [4.69, 9.17) is 0 Å². The number of phenols is 1. The van der Waals surface area contributed by atoms with Crippen LogP contribution in [0, 0.1) is 6.92 Å². The third-order valence-corrected chi connectivity index (χ3v) is 2.64. The Bertz CT molecular complexity index is 491. The fraction of sp³-hybridized carbons (Fsp3) is 0.308. The second kappa shape index (κ2) is 3.89. The second-order valence-corrected chi connectivity index (χ2v) is 3.83. The van der Waals surface area contributed by atoms with Crippen LogP contribution < -0.4 is 0 Å². The zero-order valence-corrected chi connectivity index (χ0v) is 9.12. The number of hydrogen-bond donors (Lipinski definition) is 1. The van der Waals surface area contributed by atoms with Crippen LogP contribution in [-0.2, 0) is 6.42 Å². The lowest BCUT2D eigenvalue weighted by Crippen LogP contribution is -1.93. The summed E-state index contributed by atoms with van der Waals surface area (Å²) in [5, 5.41) is 10.7. The van der Waals surface area contributed by atoms with Crippen molar-refractivity contribution in [2.45, 2.75) is 26.7 Å². The van der Waals surface area contributed by atoms with Crippen LogP contribution in [0.2, 0.25) is 0 Å². The van der Waals surface area contributed by atoms with Crippen molar-refractivity contribution in [3.8, 4) is 5.75 Å². The van der Waals surface area contributed by atoms with Crippen molar-refractivity contribution in [3.05, 3.63) is 35.5 Å². The summed E-state index contributed by atoms with van der Waals surface area (Å²) in [5.41, 5.74) is 3.00. The normalized spacial score (nSPS) is 10.8. The van der Waals surface area contributed by atoms with Gasteiger partial charge in [-0.25, -0.2) is 4.98 Å². The van der Waals surface area contributed by atoms with Gasteiger partial charge in [0.2, 0.25) is 0 Å². The van der Waals surface area contributed by atoms with Gasteiger partial charge in [0, 0.05) is 11.1 Å². The Morgan fingerprint density at radius 1 is 1.33 bits per heavy atom. The molecule has 0 aliphatic carbocycles. The van der Waals surface area contributed by atoms with Crippen molar-refractivity contribution < 1.29 is 5.11 Å². The Morgan fingerprint density at radius 2 is 2.13 bits per heavy atom. The molecule has 2 rings (SSSR count). The van der Waals surface area contributed by atoms with Crippen LogP contribution in [0.3, 0.4) is 0 Å². The maximum absolute atomic E-state index is 9.65. The van der Waals surface area contributed by atoms with Crippen molar-refractivity contribution in [1.82, 2.24) is 4.98 Å². The van der Waals surface area contributed by atoms with Gasteiger partial charge in [-0.1, -0.05) is 25.5 Å². The lowest BCUT2D eigenvalue weighted by Gasteiger charge is -2.07. The van der Waals surface area contributed by atoms with Gasteiger partial charge in [-0.3, -0.25) is 0 Å². The summed E-state index contributed by atoms with van der Waals surface area (Å²) in [5.74, 6) is 0.263. The Labute approximate surface area is 89.6 Å². The predicted octanol–water partition coefficient (Wildman–Crippen LogP) is 3.20. The van der Waals surface area contributed by atoms with E-state index in [1.165, 1.54) is 5.56 Å². The number of pyridine rings is 1. The maximum Gasteiger partial charge on any atom is 0.141 e. The molecule has 0 aliphatic heterocycles. The van der Waals surface area contributed by atoms with Crippen LogP contribution in [0.25, 0.3) is 10.9 Å². The average Bonchev–Trinajstić information content (AvgIpc) is 2.21. The Hall–Kier alpha value is -1.57. The molecule has 0 unspecified atom stereocenters. The Balaban J connectivity index is 2.65. The number of phenolic OH excluding ortho intramolecular Hbond substituents is 1. The molecule has 1 N–H and O–H groups in total. The van der Waals surface area contributed by atoms with E-state index in [1.807, 2.05) is 19.1 Å². The molecular weight excluding hydrogens is 186 g/mol. The summed E-state index contributed by atoms with van der Waals surface area (Å²) in [7, 11) is 0. The van der Waals surface area contributed by atoms with E-state index in [2.05, 4.69) is 18.0 Å². The molecule has 0 atom stereocenters.